The Balaban J connectivity index is 1.45. The van der Waals surface area contributed by atoms with E-state index in [4.69, 9.17) is 9.47 Å². The highest BCUT2D eigenvalue weighted by Gasteiger charge is 2.12. The zero-order chi connectivity index (χ0) is 19.1. The SMILES string of the molecule is CCN(CC)c1ccc(NCCC(=O)Nc2ccc3c(c2)OCCO3)cc1. The molecule has 0 bridgehead atoms. The van der Waals surface area contributed by atoms with E-state index >= 15 is 0 Å². The van der Waals surface area contributed by atoms with Crippen LogP contribution in [0.25, 0.3) is 0 Å². The van der Waals surface area contributed by atoms with Crippen molar-refractivity contribution in [3.8, 4) is 11.5 Å². The third kappa shape index (κ3) is 5.06. The Bertz CT molecular complexity index is 758. The van der Waals surface area contributed by atoms with Crippen LogP contribution in [0.1, 0.15) is 20.3 Å². The molecular formula is C21H27N3O3. The van der Waals surface area contributed by atoms with E-state index in [2.05, 4.69) is 41.5 Å². The molecule has 6 heteroatoms. The minimum atomic E-state index is -0.0426. The standard InChI is InChI=1S/C21H27N3O3/c1-3-24(4-2)18-8-5-16(6-9-18)22-12-11-21(25)23-17-7-10-19-20(15-17)27-14-13-26-19/h5-10,15,22H,3-4,11-14H2,1-2H3,(H,23,25). The van der Waals surface area contributed by atoms with Gasteiger partial charge in [0, 0.05) is 49.2 Å². The Labute approximate surface area is 160 Å². The molecule has 1 heterocycles. The van der Waals surface area contributed by atoms with Crippen molar-refractivity contribution in [2.45, 2.75) is 20.3 Å². The Kier molecular flexibility index (Phi) is 6.41. The van der Waals surface area contributed by atoms with E-state index in [9.17, 15) is 4.79 Å². The molecule has 0 aliphatic carbocycles. The van der Waals surface area contributed by atoms with Gasteiger partial charge in [0.1, 0.15) is 13.2 Å². The summed E-state index contributed by atoms with van der Waals surface area (Å²) in [5.74, 6) is 1.35. The normalized spacial score (nSPS) is 12.4. The lowest BCUT2D eigenvalue weighted by atomic mass is 10.2. The number of amides is 1. The average Bonchev–Trinajstić information content (AvgIpc) is 2.70. The van der Waals surface area contributed by atoms with Crippen LogP contribution in [-0.4, -0.2) is 38.8 Å². The Morgan fingerprint density at radius 2 is 1.63 bits per heavy atom. The lowest BCUT2D eigenvalue weighted by Crippen LogP contribution is -2.21. The number of carbonyl (C=O) groups is 1. The molecule has 27 heavy (non-hydrogen) atoms. The van der Waals surface area contributed by atoms with Gasteiger partial charge in [-0.2, -0.15) is 0 Å². The van der Waals surface area contributed by atoms with E-state index in [0.717, 1.165) is 18.8 Å². The van der Waals surface area contributed by atoms with Crippen molar-refractivity contribution in [1.82, 2.24) is 0 Å². The number of ether oxygens (including phenoxy) is 2. The second kappa shape index (κ2) is 9.16. The predicted octanol–water partition coefficient (Wildman–Crippen LogP) is 3.74. The van der Waals surface area contributed by atoms with Crippen molar-refractivity contribution in [3.05, 3.63) is 42.5 Å². The fourth-order valence-electron chi connectivity index (χ4n) is 3.04. The van der Waals surface area contributed by atoms with Crippen molar-refractivity contribution >= 4 is 23.0 Å². The molecule has 3 rings (SSSR count). The van der Waals surface area contributed by atoms with E-state index < -0.39 is 0 Å². The Hall–Kier alpha value is -2.89. The van der Waals surface area contributed by atoms with E-state index in [-0.39, 0.29) is 5.91 Å². The summed E-state index contributed by atoms with van der Waals surface area (Å²) in [6, 6.07) is 13.7. The number of hydrogen-bond donors (Lipinski definition) is 2. The predicted molar refractivity (Wildman–Crippen MR) is 109 cm³/mol. The van der Waals surface area contributed by atoms with Crippen LogP contribution in [-0.2, 0) is 4.79 Å². The first-order valence-electron chi connectivity index (χ1n) is 9.48. The minimum Gasteiger partial charge on any atom is -0.486 e. The molecule has 0 aromatic heterocycles. The van der Waals surface area contributed by atoms with Crippen LogP contribution < -0.4 is 25.0 Å². The van der Waals surface area contributed by atoms with Crippen LogP contribution in [0, 0.1) is 0 Å². The van der Waals surface area contributed by atoms with E-state index in [0.29, 0.717) is 43.4 Å². The van der Waals surface area contributed by atoms with Gasteiger partial charge in [0.05, 0.1) is 0 Å². The van der Waals surface area contributed by atoms with Crippen LogP contribution in [0.2, 0.25) is 0 Å². The number of nitrogens with one attached hydrogen (secondary N) is 2. The molecular weight excluding hydrogens is 342 g/mol. The maximum atomic E-state index is 12.2. The highest BCUT2D eigenvalue weighted by molar-refractivity contribution is 5.91. The molecule has 0 radical (unpaired) electrons. The quantitative estimate of drug-likeness (QED) is 0.742. The minimum absolute atomic E-state index is 0.0426. The maximum absolute atomic E-state index is 12.2. The van der Waals surface area contributed by atoms with Gasteiger partial charge in [0.25, 0.3) is 0 Å². The molecule has 6 nitrogen and oxygen atoms in total. The molecule has 1 aliphatic heterocycles. The highest BCUT2D eigenvalue weighted by Crippen LogP contribution is 2.32. The topological polar surface area (TPSA) is 62.8 Å². The summed E-state index contributed by atoms with van der Waals surface area (Å²) in [4.78, 5) is 14.5. The van der Waals surface area contributed by atoms with Gasteiger partial charge in [-0.05, 0) is 50.2 Å². The molecule has 0 atom stereocenters. The number of rotatable bonds is 8. The molecule has 144 valence electrons. The lowest BCUT2D eigenvalue weighted by Gasteiger charge is -2.21. The number of nitrogens with zero attached hydrogens (tertiary/aromatic N) is 1. The molecule has 1 amide bonds. The van der Waals surface area contributed by atoms with Crippen molar-refractivity contribution in [2.24, 2.45) is 0 Å². The Morgan fingerprint density at radius 1 is 0.963 bits per heavy atom. The van der Waals surface area contributed by atoms with Crippen LogP contribution >= 0.6 is 0 Å². The monoisotopic (exact) mass is 369 g/mol. The number of carbonyl (C=O) groups excluding carboxylic acids is 1. The smallest absolute Gasteiger partial charge is 0.226 e. The summed E-state index contributed by atoms with van der Waals surface area (Å²) in [6.45, 7) is 7.93. The van der Waals surface area contributed by atoms with Crippen molar-refractivity contribution < 1.29 is 14.3 Å². The third-order valence-corrected chi connectivity index (χ3v) is 4.50. The Morgan fingerprint density at radius 3 is 2.33 bits per heavy atom. The molecule has 2 aromatic carbocycles. The van der Waals surface area contributed by atoms with E-state index in [1.165, 1.54) is 5.69 Å². The number of benzene rings is 2. The summed E-state index contributed by atoms with van der Waals surface area (Å²) >= 11 is 0. The van der Waals surface area contributed by atoms with Gasteiger partial charge >= 0.3 is 0 Å². The molecule has 2 aromatic rings. The van der Waals surface area contributed by atoms with Gasteiger partial charge < -0.3 is 25.0 Å². The van der Waals surface area contributed by atoms with Crippen LogP contribution in [0.15, 0.2) is 42.5 Å². The zero-order valence-electron chi connectivity index (χ0n) is 16.0. The van der Waals surface area contributed by atoms with E-state index in [1.807, 2.05) is 24.3 Å². The van der Waals surface area contributed by atoms with Gasteiger partial charge in [-0.1, -0.05) is 0 Å². The van der Waals surface area contributed by atoms with Gasteiger partial charge in [-0.15, -0.1) is 0 Å². The molecule has 0 unspecified atom stereocenters. The summed E-state index contributed by atoms with van der Waals surface area (Å²) < 4.78 is 11.0. The molecule has 0 fully saturated rings. The van der Waals surface area contributed by atoms with Gasteiger partial charge in [0.2, 0.25) is 5.91 Å². The number of fused-ring (bicyclic) bond motifs is 1. The molecule has 0 saturated heterocycles. The molecule has 2 N–H and O–H groups in total. The number of anilines is 3. The largest absolute Gasteiger partial charge is 0.486 e. The van der Waals surface area contributed by atoms with Crippen molar-refractivity contribution in [2.75, 3.05) is 48.4 Å². The first-order valence-corrected chi connectivity index (χ1v) is 9.48. The van der Waals surface area contributed by atoms with Crippen molar-refractivity contribution in [1.29, 1.82) is 0 Å². The fraction of sp³-hybridized carbons (Fsp3) is 0.381. The summed E-state index contributed by atoms with van der Waals surface area (Å²) in [6.07, 6.45) is 0.381. The van der Waals surface area contributed by atoms with Crippen LogP contribution in [0.5, 0.6) is 11.5 Å². The van der Waals surface area contributed by atoms with Crippen molar-refractivity contribution in [3.63, 3.8) is 0 Å². The molecule has 0 saturated carbocycles. The second-order valence-electron chi connectivity index (χ2n) is 6.30. The van der Waals surface area contributed by atoms with E-state index in [1.54, 1.807) is 6.07 Å². The average molecular weight is 369 g/mol. The van der Waals surface area contributed by atoms with Crippen LogP contribution in [0.4, 0.5) is 17.1 Å². The summed E-state index contributed by atoms with van der Waals surface area (Å²) in [5, 5.41) is 6.19. The summed E-state index contributed by atoms with van der Waals surface area (Å²) in [7, 11) is 0. The third-order valence-electron chi connectivity index (χ3n) is 4.50. The lowest BCUT2D eigenvalue weighted by molar-refractivity contribution is -0.115. The second-order valence-corrected chi connectivity index (χ2v) is 6.30. The fourth-order valence-corrected chi connectivity index (χ4v) is 3.04. The summed E-state index contributed by atoms with van der Waals surface area (Å²) in [5.41, 5.74) is 2.94. The maximum Gasteiger partial charge on any atom is 0.226 e. The van der Waals surface area contributed by atoms with Gasteiger partial charge in [-0.3, -0.25) is 4.79 Å². The molecule has 0 spiro atoms. The first kappa shape index (κ1) is 18.9. The first-order chi connectivity index (χ1) is 13.2. The van der Waals surface area contributed by atoms with Crippen LogP contribution in [0.3, 0.4) is 0 Å². The molecule has 1 aliphatic rings. The zero-order valence-corrected chi connectivity index (χ0v) is 16.0. The van der Waals surface area contributed by atoms with Gasteiger partial charge in [0.15, 0.2) is 11.5 Å². The highest BCUT2D eigenvalue weighted by atomic mass is 16.6. The number of hydrogen-bond acceptors (Lipinski definition) is 5. The van der Waals surface area contributed by atoms with Gasteiger partial charge in [-0.25, -0.2) is 0 Å².